The standard InChI is InChI=1S/C20H23ClN6O/c21-15-7-8-19(23-14-15)26-10-12-27(13-11-26)20(28)22-9-3-6-18-24-16-4-1-2-5-17(16)25-18/h1-2,4-5,7-8,14H,3,6,9-13H2,(H,22,28)(H,24,25). The number of rotatable bonds is 5. The van der Waals surface area contributed by atoms with Gasteiger partial charge < -0.3 is 20.1 Å². The van der Waals surface area contributed by atoms with Crippen LogP contribution in [0.3, 0.4) is 0 Å². The first-order valence-corrected chi connectivity index (χ1v) is 9.90. The molecule has 0 unspecified atom stereocenters. The molecule has 0 saturated carbocycles. The maximum atomic E-state index is 12.4. The van der Waals surface area contributed by atoms with E-state index in [2.05, 4.69) is 25.2 Å². The number of urea groups is 1. The van der Waals surface area contributed by atoms with Gasteiger partial charge in [0.05, 0.1) is 16.1 Å². The summed E-state index contributed by atoms with van der Waals surface area (Å²) in [7, 11) is 0. The third kappa shape index (κ3) is 4.36. The molecule has 2 N–H and O–H groups in total. The van der Waals surface area contributed by atoms with Crippen LogP contribution in [-0.4, -0.2) is 58.6 Å². The Kier molecular flexibility index (Phi) is 5.62. The molecule has 0 aliphatic carbocycles. The summed E-state index contributed by atoms with van der Waals surface area (Å²) >= 11 is 5.89. The van der Waals surface area contributed by atoms with Crippen LogP contribution in [0.2, 0.25) is 5.02 Å². The third-order valence-corrected chi connectivity index (χ3v) is 5.13. The molecule has 8 heteroatoms. The van der Waals surface area contributed by atoms with E-state index in [1.54, 1.807) is 6.20 Å². The second-order valence-electron chi connectivity index (χ2n) is 6.84. The lowest BCUT2D eigenvalue weighted by molar-refractivity contribution is 0.194. The van der Waals surface area contributed by atoms with Gasteiger partial charge in [-0.25, -0.2) is 14.8 Å². The fourth-order valence-electron chi connectivity index (χ4n) is 3.38. The molecule has 146 valence electrons. The Hall–Kier alpha value is -2.80. The van der Waals surface area contributed by atoms with Gasteiger partial charge in [0.15, 0.2) is 0 Å². The fraction of sp³-hybridized carbons (Fsp3) is 0.350. The van der Waals surface area contributed by atoms with Gasteiger partial charge in [0.2, 0.25) is 0 Å². The number of imidazole rings is 1. The zero-order valence-corrected chi connectivity index (χ0v) is 16.3. The van der Waals surface area contributed by atoms with Crippen LogP contribution >= 0.6 is 11.6 Å². The number of aromatic amines is 1. The van der Waals surface area contributed by atoms with Crippen molar-refractivity contribution in [2.24, 2.45) is 0 Å². The second-order valence-corrected chi connectivity index (χ2v) is 7.28. The monoisotopic (exact) mass is 398 g/mol. The minimum absolute atomic E-state index is 0.00618. The number of aromatic nitrogens is 3. The Morgan fingerprint density at radius 3 is 2.71 bits per heavy atom. The van der Waals surface area contributed by atoms with Gasteiger partial charge in [-0.2, -0.15) is 0 Å². The molecular weight excluding hydrogens is 376 g/mol. The smallest absolute Gasteiger partial charge is 0.317 e. The molecule has 0 bridgehead atoms. The largest absolute Gasteiger partial charge is 0.353 e. The third-order valence-electron chi connectivity index (χ3n) is 4.91. The highest BCUT2D eigenvalue weighted by Crippen LogP contribution is 2.16. The Morgan fingerprint density at radius 2 is 1.96 bits per heavy atom. The van der Waals surface area contributed by atoms with E-state index in [1.165, 1.54) is 0 Å². The second kappa shape index (κ2) is 8.48. The minimum atomic E-state index is -0.00618. The van der Waals surface area contributed by atoms with Crippen LogP contribution < -0.4 is 10.2 Å². The summed E-state index contributed by atoms with van der Waals surface area (Å²) in [6, 6.07) is 11.7. The highest BCUT2D eigenvalue weighted by Gasteiger charge is 2.21. The number of para-hydroxylation sites is 2. The molecule has 1 aliphatic rings. The summed E-state index contributed by atoms with van der Waals surface area (Å²) in [5.41, 5.74) is 2.03. The van der Waals surface area contributed by atoms with Gasteiger partial charge in [0.1, 0.15) is 11.6 Å². The number of pyridine rings is 1. The lowest BCUT2D eigenvalue weighted by atomic mass is 10.3. The number of aryl methyl sites for hydroxylation is 1. The molecule has 1 aromatic carbocycles. The lowest BCUT2D eigenvalue weighted by Crippen LogP contribution is -2.52. The Labute approximate surface area is 168 Å². The molecule has 1 saturated heterocycles. The average molecular weight is 399 g/mol. The van der Waals surface area contributed by atoms with Crippen LogP contribution in [-0.2, 0) is 6.42 Å². The Bertz CT molecular complexity index is 900. The average Bonchev–Trinajstić information content (AvgIpc) is 3.15. The molecule has 3 aromatic rings. The Morgan fingerprint density at radius 1 is 1.14 bits per heavy atom. The fourth-order valence-corrected chi connectivity index (χ4v) is 3.49. The molecule has 0 radical (unpaired) electrons. The molecule has 1 aliphatic heterocycles. The maximum Gasteiger partial charge on any atom is 0.317 e. The van der Waals surface area contributed by atoms with Crippen LogP contribution in [0.4, 0.5) is 10.6 Å². The van der Waals surface area contributed by atoms with Crippen molar-refractivity contribution in [2.75, 3.05) is 37.6 Å². The van der Waals surface area contributed by atoms with Crippen LogP contribution in [0.5, 0.6) is 0 Å². The molecular formula is C20H23ClN6O. The van der Waals surface area contributed by atoms with Gasteiger partial charge in [-0.05, 0) is 30.7 Å². The topological polar surface area (TPSA) is 77.2 Å². The number of benzene rings is 1. The van der Waals surface area contributed by atoms with Crippen LogP contribution in [0, 0.1) is 0 Å². The number of fused-ring (bicyclic) bond motifs is 1. The van der Waals surface area contributed by atoms with Crippen molar-refractivity contribution in [1.29, 1.82) is 0 Å². The molecule has 3 heterocycles. The zero-order chi connectivity index (χ0) is 19.3. The highest BCUT2D eigenvalue weighted by atomic mass is 35.5. The van der Waals surface area contributed by atoms with Crippen molar-refractivity contribution in [1.82, 2.24) is 25.2 Å². The number of nitrogens with one attached hydrogen (secondary N) is 2. The zero-order valence-electron chi connectivity index (χ0n) is 15.6. The lowest BCUT2D eigenvalue weighted by Gasteiger charge is -2.35. The molecule has 7 nitrogen and oxygen atoms in total. The number of hydrogen-bond donors (Lipinski definition) is 2. The summed E-state index contributed by atoms with van der Waals surface area (Å²) in [5.74, 6) is 1.86. The first-order valence-electron chi connectivity index (χ1n) is 9.52. The van der Waals surface area contributed by atoms with Crippen LogP contribution in [0.1, 0.15) is 12.2 Å². The van der Waals surface area contributed by atoms with Gasteiger partial charge in [0, 0.05) is 45.3 Å². The number of H-pyrrole nitrogens is 1. The van der Waals surface area contributed by atoms with Crippen molar-refractivity contribution < 1.29 is 4.79 Å². The van der Waals surface area contributed by atoms with Gasteiger partial charge >= 0.3 is 6.03 Å². The number of amides is 2. The highest BCUT2D eigenvalue weighted by molar-refractivity contribution is 6.30. The number of hydrogen-bond acceptors (Lipinski definition) is 4. The quantitative estimate of drug-likeness (QED) is 0.647. The molecule has 0 atom stereocenters. The number of halogens is 1. The Balaban J connectivity index is 1.19. The molecule has 2 aromatic heterocycles. The van der Waals surface area contributed by atoms with Gasteiger partial charge in [-0.1, -0.05) is 23.7 Å². The van der Waals surface area contributed by atoms with Crippen molar-refractivity contribution in [2.45, 2.75) is 12.8 Å². The van der Waals surface area contributed by atoms with E-state index in [1.807, 2.05) is 41.3 Å². The van der Waals surface area contributed by atoms with E-state index in [4.69, 9.17) is 11.6 Å². The minimum Gasteiger partial charge on any atom is -0.353 e. The van der Waals surface area contributed by atoms with Crippen molar-refractivity contribution in [3.8, 4) is 0 Å². The summed E-state index contributed by atoms with van der Waals surface area (Å²) in [6.45, 7) is 3.52. The molecule has 2 amide bonds. The van der Waals surface area contributed by atoms with Gasteiger partial charge in [0.25, 0.3) is 0 Å². The van der Waals surface area contributed by atoms with Crippen molar-refractivity contribution in [3.63, 3.8) is 0 Å². The molecule has 4 rings (SSSR count). The molecule has 28 heavy (non-hydrogen) atoms. The van der Waals surface area contributed by atoms with E-state index in [9.17, 15) is 4.79 Å². The summed E-state index contributed by atoms with van der Waals surface area (Å²) in [6.07, 6.45) is 3.31. The number of anilines is 1. The predicted octanol–water partition coefficient (Wildman–Crippen LogP) is 3.08. The van der Waals surface area contributed by atoms with Crippen LogP contribution in [0.15, 0.2) is 42.6 Å². The number of carbonyl (C=O) groups is 1. The molecule has 0 spiro atoms. The summed E-state index contributed by atoms with van der Waals surface area (Å²) < 4.78 is 0. The van der Waals surface area contributed by atoms with E-state index in [-0.39, 0.29) is 6.03 Å². The van der Waals surface area contributed by atoms with E-state index >= 15 is 0 Å². The van der Waals surface area contributed by atoms with E-state index < -0.39 is 0 Å². The first kappa shape index (κ1) is 18.6. The normalized spacial score (nSPS) is 14.5. The van der Waals surface area contributed by atoms with Crippen molar-refractivity contribution in [3.05, 3.63) is 53.4 Å². The summed E-state index contributed by atoms with van der Waals surface area (Å²) in [5, 5.41) is 3.64. The van der Waals surface area contributed by atoms with Gasteiger partial charge in [-0.15, -0.1) is 0 Å². The number of carbonyl (C=O) groups excluding carboxylic acids is 1. The maximum absolute atomic E-state index is 12.4. The summed E-state index contributed by atoms with van der Waals surface area (Å²) in [4.78, 5) is 28.6. The van der Waals surface area contributed by atoms with Gasteiger partial charge in [-0.3, -0.25) is 0 Å². The van der Waals surface area contributed by atoms with E-state index in [0.29, 0.717) is 24.7 Å². The number of piperazine rings is 1. The van der Waals surface area contributed by atoms with Crippen molar-refractivity contribution >= 4 is 34.5 Å². The molecule has 1 fully saturated rings. The SMILES string of the molecule is O=C(NCCCc1nc2ccccc2[nH]1)N1CCN(c2ccc(Cl)cn2)CC1. The number of nitrogens with zero attached hydrogens (tertiary/aromatic N) is 4. The van der Waals surface area contributed by atoms with E-state index in [0.717, 1.165) is 48.6 Å². The van der Waals surface area contributed by atoms with Crippen LogP contribution in [0.25, 0.3) is 11.0 Å². The first-order chi connectivity index (χ1) is 13.7. The predicted molar refractivity (Wildman–Crippen MR) is 111 cm³/mol.